The fraction of sp³-hybridized carbons (Fsp3) is 0.526. The van der Waals surface area contributed by atoms with Gasteiger partial charge in [-0.1, -0.05) is 36.6 Å². The van der Waals surface area contributed by atoms with Crippen LogP contribution < -0.4 is 0 Å². The maximum absolute atomic E-state index is 5.46. The molecule has 4 rings (SSSR count). The lowest BCUT2D eigenvalue weighted by atomic mass is 9.88. The molecule has 1 aromatic carbocycles. The van der Waals surface area contributed by atoms with E-state index in [-0.39, 0.29) is 0 Å². The van der Waals surface area contributed by atoms with Crippen molar-refractivity contribution in [3.8, 4) is 0 Å². The number of hydrogen-bond donors (Lipinski definition) is 0. The third-order valence-electron chi connectivity index (χ3n) is 4.99. The lowest BCUT2D eigenvalue weighted by Gasteiger charge is -2.21. The van der Waals surface area contributed by atoms with Crippen molar-refractivity contribution in [1.82, 2.24) is 19.7 Å². The van der Waals surface area contributed by atoms with Crippen LogP contribution in [-0.2, 0) is 17.7 Å². The number of aromatic nitrogens is 4. The number of methoxy groups -OCH3 is 1. The van der Waals surface area contributed by atoms with Crippen LogP contribution in [0.3, 0.4) is 0 Å². The molecule has 1 aliphatic carbocycles. The van der Waals surface area contributed by atoms with Crippen molar-refractivity contribution in [3.63, 3.8) is 0 Å². The zero-order chi connectivity index (χ0) is 17.1. The van der Waals surface area contributed by atoms with Crippen molar-refractivity contribution in [2.45, 2.75) is 51.0 Å². The molecule has 2 heterocycles. The summed E-state index contributed by atoms with van der Waals surface area (Å²) in [5, 5.41) is 4.06. The van der Waals surface area contributed by atoms with Gasteiger partial charge in [0.25, 0.3) is 0 Å². The van der Waals surface area contributed by atoms with Crippen LogP contribution in [-0.4, -0.2) is 33.4 Å². The molecule has 2 aromatic heterocycles. The van der Waals surface area contributed by atoms with E-state index in [0.717, 1.165) is 16.9 Å². The van der Waals surface area contributed by atoms with Gasteiger partial charge >= 0.3 is 0 Å². The van der Waals surface area contributed by atoms with Crippen molar-refractivity contribution in [2.24, 2.45) is 0 Å². The molecule has 132 valence electrons. The highest BCUT2D eigenvalue weighted by molar-refractivity contribution is 5.76. The first kappa shape index (κ1) is 16.3. The van der Waals surface area contributed by atoms with E-state index in [0.29, 0.717) is 37.2 Å². The number of ether oxygens (including phenoxy) is 1. The Hall–Kier alpha value is -2.21. The molecule has 1 saturated carbocycles. The smallest absolute Gasteiger partial charge is 0.246 e. The molecule has 0 saturated heterocycles. The van der Waals surface area contributed by atoms with Gasteiger partial charge in [0.15, 0.2) is 5.82 Å². The van der Waals surface area contributed by atoms with Gasteiger partial charge in [-0.25, -0.2) is 4.98 Å². The Kier molecular flexibility index (Phi) is 4.78. The molecule has 6 heteroatoms. The standard InChI is InChI=1S/C19H24N4O2/c1-24-12-11-17-21-18(25-22-17)13-23-16-10-6-5-9-15(16)20-19(23)14-7-3-2-4-8-14/h5-6,9-10,14H,2-4,7-8,11-13H2,1H3. The SMILES string of the molecule is COCCc1noc(Cn2c(C3CCCCC3)nc3ccccc32)n1. The summed E-state index contributed by atoms with van der Waals surface area (Å²) in [5.74, 6) is 3.02. The minimum atomic E-state index is 0.525. The number of fused-ring (bicyclic) bond motifs is 1. The molecule has 0 spiro atoms. The number of para-hydroxylation sites is 2. The molecule has 0 bridgehead atoms. The Balaban J connectivity index is 1.66. The zero-order valence-corrected chi connectivity index (χ0v) is 14.6. The molecular formula is C19H24N4O2. The lowest BCUT2D eigenvalue weighted by molar-refractivity contribution is 0.199. The molecular weight excluding hydrogens is 316 g/mol. The average molecular weight is 340 g/mol. The lowest BCUT2D eigenvalue weighted by Crippen LogP contribution is -2.13. The maximum Gasteiger partial charge on any atom is 0.246 e. The molecule has 0 N–H and O–H groups in total. The van der Waals surface area contributed by atoms with Crippen molar-refractivity contribution in [3.05, 3.63) is 41.8 Å². The molecule has 3 aromatic rings. The molecule has 1 aliphatic rings. The van der Waals surface area contributed by atoms with Gasteiger partial charge in [0, 0.05) is 19.4 Å². The van der Waals surface area contributed by atoms with Gasteiger partial charge in [-0.2, -0.15) is 4.98 Å². The summed E-state index contributed by atoms with van der Waals surface area (Å²) in [6, 6.07) is 8.30. The Labute approximate surface area is 147 Å². The summed E-state index contributed by atoms with van der Waals surface area (Å²) in [5.41, 5.74) is 2.18. The molecule has 0 aliphatic heterocycles. The van der Waals surface area contributed by atoms with Gasteiger partial charge in [0.1, 0.15) is 12.4 Å². The van der Waals surface area contributed by atoms with Crippen LogP contribution in [0.1, 0.15) is 55.6 Å². The largest absolute Gasteiger partial charge is 0.384 e. The number of hydrogen-bond acceptors (Lipinski definition) is 5. The summed E-state index contributed by atoms with van der Waals surface area (Å²) >= 11 is 0. The van der Waals surface area contributed by atoms with Gasteiger partial charge in [-0.3, -0.25) is 0 Å². The first-order chi connectivity index (χ1) is 12.3. The Bertz CT molecular complexity index is 833. The molecule has 6 nitrogen and oxygen atoms in total. The van der Waals surface area contributed by atoms with Crippen molar-refractivity contribution >= 4 is 11.0 Å². The van der Waals surface area contributed by atoms with Gasteiger partial charge in [0.2, 0.25) is 5.89 Å². The highest BCUT2D eigenvalue weighted by Gasteiger charge is 2.23. The Morgan fingerprint density at radius 2 is 2.00 bits per heavy atom. The first-order valence-electron chi connectivity index (χ1n) is 9.10. The molecule has 0 atom stereocenters. The normalized spacial score (nSPS) is 15.9. The first-order valence-corrected chi connectivity index (χ1v) is 9.10. The van der Waals surface area contributed by atoms with Crippen LogP contribution in [0.2, 0.25) is 0 Å². The average Bonchev–Trinajstić information content (AvgIpc) is 3.26. The number of imidazole rings is 1. The molecule has 0 unspecified atom stereocenters. The monoisotopic (exact) mass is 340 g/mol. The predicted molar refractivity (Wildman–Crippen MR) is 94.5 cm³/mol. The Morgan fingerprint density at radius 3 is 2.84 bits per heavy atom. The van der Waals surface area contributed by atoms with E-state index in [2.05, 4.69) is 32.9 Å². The maximum atomic E-state index is 5.46. The van der Waals surface area contributed by atoms with E-state index >= 15 is 0 Å². The second-order valence-corrected chi connectivity index (χ2v) is 6.73. The van der Waals surface area contributed by atoms with Crippen LogP contribution in [0, 0.1) is 0 Å². The van der Waals surface area contributed by atoms with E-state index in [1.807, 2.05) is 6.07 Å². The van der Waals surface area contributed by atoms with Crippen molar-refractivity contribution < 1.29 is 9.26 Å². The summed E-state index contributed by atoms with van der Waals surface area (Å²) in [6.45, 7) is 1.17. The minimum absolute atomic E-state index is 0.525. The van der Waals surface area contributed by atoms with Crippen LogP contribution in [0.15, 0.2) is 28.8 Å². The fourth-order valence-corrected chi connectivity index (χ4v) is 3.72. The van der Waals surface area contributed by atoms with Crippen molar-refractivity contribution in [1.29, 1.82) is 0 Å². The second-order valence-electron chi connectivity index (χ2n) is 6.73. The van der Waals surface area contributed by atoms with Gasteiger partial charge in [0.05, 0.1) is 17.6 Å². The third-order valence-corrected chi connectivity index (χ3v) is 4.99. The predicted octanol–water partition coefficient (Wildman–Crippen LogP) is 3.70. The summed E-state index contributed by atoms with van der Waals surface area (Å²) < 4.78 is 12.8. The summed E-state index contributed by atoms with van der Waals surface area (Å²) in [4.78, 5) is 9.45. The van der Waals surface area contributed by atoms with Crippen LogP contribution in [0.5, 0.6) is 0 Å². The highest BCUT2D eigenvalue weighted by Crippen LogP contribution is 2.34. The van der Waals surface area contributed by atoms with Gasteiger partial charge < -0.3 is 13.8 Å². The van der Waals surface area contributed by atoms with Crippen LogP contribution in [0.25, 0.3) is 11.0 Å². The van der Waals surface area contributed by atoms with E-state index in [1.54, 1.807) is 7.11 Å². The van der Waals surface area contributed by atoms with Gasteiger partial charge in [-0.05, 0) is 25.0 Å². The van der Waals surface area contributed by atoms with E-state index in [9.17, 15) is 0 Å². The van der Waals surface area contributed by atoms with E-state index in [1.165, 1.54) is 32.1 Å². The number of nitrogens with zero attached hydrogens (tertiary/aromatic N) is 4. The third kappa shape index (κ3) is 3.44. The second kappa shape index (κ2) is 7.35. The Morgan fingerprint density at radius 1 is 1.16 bits per heavy atom. The van der Waals surface area contributed by atoms with E-state index in [4.69, 9.17) is 14.2 Å². The summed E-state index contributed by atoms with van der Waals surface area (Å²) in [7, 11) is 1.68. The highest BCUT2D eigenvalue weighted by atomic mass is 16.5. The number of rotatable bonds is 6. The molecule has 25 heavy (non-hydrogen) atoms. The molecule has 0 amide bonds. The minimum Gasteiger partial charge on any atom is -0.384 e. The van der Waals surface area contributed by atoms with Gasteiger partial charge in [-0.15, -0.1) is 0 Å². The molecule has 1 fully saturated rings. The topological polar surface area (TPSA) is 66.0 Å². The zero-order valence-electron chi connectivity index (χ0n) is 14.6. The van der Waals surface area contributed by atoms with E-state index < -0.39 is 0 Å². The van der Waals surface area contributed by atoms with Crippen LogP contribution in [0.4, 0.5) is 0 Å². The fourth-order valence-electron chi connectivity index (χ4n) is 3.72. The van der Waals surface area contributed by atoms with Crippen molar-refractivity contribution in [2.75, 3.05) is 13.7 Å². The number of benzene rings is 1. The molecule has 0 radical (unpaired) electrons. The quantitative estimate of drug-likeness (QED) is 0.684. The van der Waals surface area contributed by atoms with Crippen LogP contribution >= 0.6 is 0 Å². The summed E-state index contributed by atoms with van der Waals surface area (Å²) in [6.07, 6.45) is 7.01.